The van der Waals surface area contributed by atoms with Gasteiger partial charge in [-0.3, -0.25) is 0 Å². The molecular formula is C16H27NO3. The molecule has 4 heteroatoms. The van der Waals surface area contributed by atoms with Gasteiger partial charge in [-0.15, -0.1) is 0 Å². The Hall–Kier alpha value is -1.26. The second-order valence-corrected chi connectivity index (χ2v) is 6.12. The standard InChI is InChI=1S/C16H27NO3/c1-11(2)9-16(4,19)10-17-12(3)14-7-6-13(20-5)8-15(14)18/h6-8,11-12,17-19H,9-10H2,1-5H3. The number of nitrogens with one attached hydrogen (secondary N) is 1. The van der Waals surface area contributed by atoms with Crippen LogP contribution in [0.5, 0.6) is 11.5 Å². The summed E-state index contributed by atoms with van der Waals surface area (Å²) in [5, 5.41) is 23.5. The molecule has 20 heavy (non-hydrogen) atoms. The molecule has 0 fully saturated rings. The number of methoxy groups -OCH3 is 1. The van der Waals surface area contributed by atoms with Crippen LogP contribution in [0.3, 0.4) is 0 Å². The van der Waals surface area contributed by atoms with E-state index in [1.54, 1.807) is 13.2 Å². The molecule has 1 rings (SSSR count). The van der Waals surface area contributed by atoms with E-state index in [0.29, 0.717) is 18.2 Å². The zero-order valence-electron chi connectivity index (χ0n) is 13.1. The number of ether oxygens (including phenoxy) is 1. The summed E-state index contributed by atoms with van der Waals surface area (Å²) in [4.78, 5) is 0. The third kappa shape index (κ3) is 5.02. The van der Waals surface area contributed by atoms with Crippen LogP contribution in [-0.4, -0.2) is 29.5 Å². The number of rotatable bonds is 7. The predicted octanol–water partition coefficient (Wildman–Crippen LogP) is 2.85. The van der Waals surface area contributed by atoms with Crippen molar-refractivity contribution < 1.29 is 14.9 Å². The maximum absolute atomic E-state index is 10.3. The number of phenolic OH excluding ortho intramolecular Hbond substituents is 1. The SMILES string of the molecule is COc1ccc(C(C)NCC(C)(O)CC(C)C)c(O)c1. The smallest absolute Gasteiger partial charge is 0.124 e. The second-order valence-electron chi connectivity index (χ2n) is 6.12. The van der Waals surface area contributed by atoms with Gasteiger partial charge in [0.2, 0.25) is 0 Å². The van der Waals surface area contributed by atoms with Gasteiger partial charge in [0.05, 0.1) is 12.7 Å². The normalized spacial score (nSPS) is 15.9. The number of benzene rings is 1. The minimum absolute atomic E-state index is 0.0421. The number of phenols is 1. The van der Waals surface area contributed by atoms with Crippen LogP contribution >= 0.6 is 0 Å². The van der Waals surface area contributed by atoms with Crippen molar-refractivity contribution in [2.75, 3.05) is 13.7 Å². The summed E-state index contributed by atoms with van der Waals surface area (Å²) >= 11 is 0. The van der Waals surface area contributed by atoms with E-state index in [2.05, 4.69) is 19.2 Å². The molecule has 1 aromatic rings. The Morgan fingerprint density at radius 2 is 1.95 bits per heavy atom. The molecule has 0 aromatic heterocycles. The third-order valence-corrected chi connectivity index (χ3v) is 3.34. The average Bonchev–Trinajstić information content (AvgIpc) is 2.34. The Kier molecular flexibility index (Phi) is 5.84. The van der Waals surface area contributed by atoms with E-state index in [1.165, 1.54) is 0 Å². The summed E-state index contributed by atoms with van der Waals surface area (Å²) < 4.78 is 5.07. The van der Waals surface area contributed by atoms with Crippen molar-refractivity contribution in [1.82, 2.24) is 5.32 Å². The van der Waals surface area contributed by atoms with Crippen LogP contribution in [0.1, 0.15) is 45.7 Å². The van der Waals surface area contributed by atoms with E-state index in [0.717, 1.165) is 12.0 Å². The van der Waals surface area contributed by atoms with Crippen LogP contribution in [0.25, 0.3) is 0 Å². The molecule has 0 saturated carbocycles. The lowest BCUT2D eigenvalue weighted by molar-refractivity contribution is 0.0363. The van der Waals surface area contributed by atoms with Crippen LogP contribution in [0, 0.1) is 5.92 Å². The van der Waals surface area contributed by atoms with E-state index in [9.17, 15) is 10.2 Å². The summed E-state index contributed by atoms with van der Waals surface area (Å²) in [7, 11) is 1.57. The van der Waals surface area contributed by atoms with Gasteiger partial charge in [-0.1, -0.05) is 19.9 Å². The molecule has 4 nitrogen and oxygen atoms in total. The molecule has 0 heterocycles. The zero-order valence-corrected chi connectivity index (χ0v) is 13.1. The van der Waals surface area contributed by atoms with E-state index < -0.39 is 5.60 Å². The summed E-state index contributed by atoms with van der Waals surface area (Å²) in [5.74, 6) is 1.27. The molecular weight excluding hydrogens is 254 g/mol. The summed E-state index contributed by atoms with van der Waals surface area (Å²) in [6.45, 7) is 8.46. The first-order chi connectivity index (χ1) is 9.25. The molecule has 3 N–H and O–H groups in total. The molecule has 0 aliphatic heterocycles. The highest BCUT2D eigenvalue weighted by atomic mass is 16.5. The van der Waals surface area contributed by atoms with Crippen LogP contribution in [0.4, 0.5) is 0 Å². The predicted molar refractivity (Wildman–Crippen MR) is 81.2 cm³/mol. The van der Waals surface area contributed by atoms with E-state index in [1.807, 2.05) is 26.0 Å². The maximum Gasteiger partial charge on any atom is 0.124 e. The van der Waals surface area contributed by atoms with E-state index >= 15 is 0 Å². The number of hydrogen-bond donors (Lipinski definition) is 3. The molecule has 0 bridgehead atoms. The number of aromatic hydroxyl groups is 1. The lowest BCUT2D eigenvalue weighted by atomic mass is 9.94. The van der Waals surface area contributed by atoms with Crippen molar-refractivity contribution in [2.45, 2.75) is 45.8 Å². The van der Waals surface area contributed by atoms with Crippen LogP contribution in [-0.2, 0) is 0 Å². The highest BCUT2D eigenvalue weighted by molar-refractivity contribution is 5.41. The lowest BCUT2D eigenvalue weighted by Crippen LogP contribution is -2.39. The minimum atomic E-state index is -0.746. The molecule has 2 atom stereocenters. The molecule has 0 aliphatic carbocycles. The van der Waals surface area contributed by atoms with Crippen molar-refractivity contribution in [2.24, 2.45) is 5.92 Å². The monoisotopic (exact) mass is 281 g/mol. The number of hydrogen-bond acceptors (Lipinski definition) is 4. The second kappa shape index (κ2) is 6.95. The summed E-state index contributed by atoms with van der Waals surface area (Å²) in [5.41, 5.74) is 0.0518. The minimum Gasteiger partial charge on any atom is -0.507 e. The van der Waals surface area contributed by atoms with Crippen molar-refractivity contribution in [3.8, 4) is 11.5 Å². The van der Waals surface area contributed by atoms with Crippen molar-refractivity contribution in [3.05, 3.63) is 23.8 Å². The number of aliphatic hydroxyl groups is 1. The van der Waals surface area contributed by atoms with Gasteiger partial charge in [-0.25, -0.2) is 0 Å². The van der Waals surface area contributed by atoms with E-state index in [-0.39, 0.29) is 11.8 Å². The Bertz CT molecular complexity index is 430. The fourth-order valence-corrected chi connectivity index (χ4v) is 2.45. The molecule has 0 aliphatic rings. The molecule has 1 aromatic carbocycles. The van der Waals surface area contributed by atoms with Gasteiger partial charge in [0.15, 0.2) is 0 Å². The first-order valence-corrected chi connectivity index (χ1v) is 7.08. The highest BCUT2D eigenvalue weighted by Crippen LogP contribution is 2.28. The molecule has 2 unspecified atom stereocenters. The van der Waals surface area contributed by atoms with Crippen LogP contribution < -0.4 is 10.1 Å². The van der Waals surface area contributed by atoms with Gasteiger partial charge in [-0.05, 0) is 32.3 Å². The quantitative estimate of drug-likeness (QED) is 0.719. The summed E-state index contributed by atoms with van der Waals surface area (Å²) in [6.07, 6.45) is 0.737. The zero-order chi connectivity index (χ0) is 15.3. The topological polar surface area (TPSA) is 61.7 Å². The largest absolute Gasteiger partial charge is 0.507 e. The van der Waals surface area contributed by atoms with Gasteiger partial charge >= 0.3 is 0 Å². The average molecular weight is 281 g/mol. The third-order valence-electron chi connectivity index (χ3n) is 3.34. The first-order valence-electron chi connectivity index (χ1n) is 7.08. The van der Waals surface area contributed by atoms with Gasteiger partial charge in [0.1, 0.15) is 11.5 Å². The van der Waals surface area contributed by atoms with Gasteiger partial charge in [0.25, 0.3) is 0 Å². The van der Waals surface area contributed by atoms with Crippen molar-refractivity contribution >= 4 is 0 Å². The highest BCUT2D eigenvalue weighted by Gasteiger charge is 2.23. The fourth-order valence-electron chi connectivity index (χ4n) is 2.45. The molecule has 0 saturated heterocycles. The van der Waals surface area contributed by atoms with Crippen molar-refractivity contribution in [3.63, 3.8) is 0 Å². The van der Waals surface area contributed by atoms with Crippen LogP contribution in [0.2, 0.25) is 0 Å². The Morgan fingerprint density at radius 1 is 1.30 bits per heavy atom. The molecule has 0 amide bonds. The molecule has 0 radical (unpaired) electrons. The van der Waals surface area contributed by atoms with Crippen LogP contribution in [0.15, 0.2) is 18.2 Å². The Morgan fingerprint density at radius 3 is 2.45 bits per heavy atom. The molecule has 114 valence electrons. The van der Waals surface area contributed by atoms with Gasteiger partial charge < -0.3 is 20.3 Å². The molecule has 0 spiro atoms. The summed E-state index contributed by atoms with van der Waals surface area (Å²) in [6, 6.07) is 5.21. The van der Waals surface area contributed by atoms with E-state index in [4.69, 9.17) is 4.74 Å². The van der Waals surface area contributed by atoms with Gasteiger partial charge in [0, 0.05) is 24.2 Å². The maximum atomic E-state index is 10.3. The fraction of sp³-hybridized carbons (Fsp3) is 0.625. The Labute approximate surface area is 121 Å². The lowest BCUT2D eigenvalue weighted by Gasteiger charge is -2.28. The first kappa shape index (κ1) is 16.8. The van der Waals surface area contributed by atoms with Gasteiger partial charge in [-0.2, -0.15) is 0 Å². The van der Waals surface area contributed by atoms with Crippen molar-refractivity contribution in [1.29, 1.82) is 0 Å². The Balaban J connectivity index is 2.65.